The van der Waals surface area contributed by atoms with Gasteiger partial charge in [0.05, 0.1) is 32.9 Å². The predicted octanol–water partition coefficient (Wildman–Crippen LogP) is 3.40. The first kappa shape index (κ1) is 22.0. The van der Waals surface area contributed by atoms with Crippen LogP contribution < -0.4 is 19.5 Å². The molecular formula is C23H33N3O4. The fourth-order valence-corrected chi connectivity index (χ4v) is 4.21. The Balaban J connectivity index is 1.82. The number of nitrogens with zero attached hydrogens (tertiary/aromatic N) is 2. The van der Waals surface area contributed by atoms with Crippen LogP contribution in [-0.4, -0.2) is 56.3 Å². The van der Waals surface area contributed by atoms with Crippen LogP contribution in [0.25, 0.3) is 0 Å². The number of methoxy groups -OCH3 is 3. The lowest BCUT2D eigenvalue weighted by Crippen LogP contribution is -2.39. The van der Waals surface area contributed by atoms with Crippen LogP contribution in [0.3, 0.4) is 0 Å². The quantitative estimate of drug-likeness (QED) is 0.716. The summed E-state index contributed by atoms with van der Waals surface area (Å²) in [4.78, 5) is 15.6. The number of aromatic nitrogens is 1. The number of hydrogen-bond acceptors (Lipinski definition) is 5. The maximum atomic E-state index is 13.1. The van der Waals surface area contributed by atoms with Gasteiger partial charge in [0.15, 0.2) is 11.5 Å². The van der Waals surface area contributed by atoms with Gasteiger partial charge in [-0.3, -0.25) is 9.69 Å². The Morgan fingerprint density at radius 2 is 1.70 bits per heavy atom. The van der Waals surface area contributed by atoms with E-state index in [0.29, 0.717) is 29.4 Å². The lowest BCUT2D eigenvalue weighted by Gasteiger charge is -2.31. The van der Waals surface area contributed by atoms with Crippen molar-refractivity contribution in [2.24, 2.45) is 7.05 Å². The Morgan fingerprint density at radius 3 is 2.27 bits per heavy atom. The zero-order valence-electron chi connectivity index (χ0n) is 18.4. The van der Waals surface area contributed by atoms with Gasteiger partial charge in [-0.2, -0.15) is 0 Å². The molecule has 2 heterocycles. The molecule has 0 spiro atoms. The predicted molar refractivity (Wildman–Crippen MR) is 117 cm³/mol. The van der Waals surface area contributed by atoms with Crippen LogP contribution in [0.5, 0.6) is 17.2 Å². The fraction of sp³-hybridized carbons (Fsp3) is 0.522. The van der Waals surface area contributed by atoms with Crippen molar-refractivity contribution in [3.05, 3.63) is 41.7 Å². The summed E-state index contributed by atoms with van der Waals surface area (Å²) in [5.41, 5.74) is 1.63. The first-order valence-electron chi connectivity index (χ1n) is 10.5. The molecule has 1 unspecified atom stereocenters. The minimum atomic E-state index is -0.193. The Kier molecular flexibility index (Phi) is 7.63. The van der Waals surface area contributed by atoms with Gasteiger partial charge in [-0.25, -0.2) is 0 Å². The molecule has 3 rings (SSSR count). The lowest BCUT2D eigenvalue weighted by molar-refractivity contribution is 0.0927. The van der Waals surface area contributed by atoms with Crippen molar-refractivity contribution < 1.29 is 19.0 Å². The number of rotatable bonds is 8. The first-order chi connectivity index (χ1) is 14.6. The largest absolute Gasteiger partial charge is 0.493 e. The minimum absolute atomic E-state index is 0.123. The molecule has 1 aromatic heterocycles. The molecule has 7 heteroatoms. The van der Waals surface area contributed by atoms with Gasteiger partial charge >= 0.3 is 0 Å². The summed E-state index contributed by atoms with van der Waals surface area (Å²) in [5, 5.41) is 3.13. The van der Waals surface area contributed by atoms with E-state index in [-0.39, 0.29) is 11.9 Å². The van der Waals surface area contributed by atoms with Crippen molar-refractivity contribution in [3.8, 4) is 17.2 Å². The average molecular weight is 416 g/mol. The van der Waals surface area contributed by atoms with E-state index in [1.54, 1.807) is 19.2 Å². The molecule has 1 N–H and O–H groups in total. The number of hydrogen-bond donors (Lipinski definition) is 1. The number of aryl methyl sites for hydroxylation is 1. The summed E-state index contributed by atoms with van der Waals surface area (Å²) in [5.74, 6) is 1.12. The first-order valence-corrected chi connectivity index (χ1v) is 10.5. The number of carbonyl (C=O) groups excluding carboxylic acids is 1. The van der Waals surface area contributed by atoms with Gasteiger partial charge in [-0.1, -0.05) is 12.8 Å². The van der Waals surface area contributed by atoms with Gasteiger partial charge in [0.25, 0.3) is 5.91 Å². The smallest absolute Gasteiger partial charge is 0.255 e. The van der Waals surface area contributed by atoms with Crippen LogP contribution in [0.2, 0.25) is 0 Å². The molecule has 1 atom stereocenters. The summed E-state index contributed by atoms with van der Waals surface area (Å²) < 4.78 is 18.4. The SMILES string of the molecule is COc1ccc(C(=O)NCC(c2cccn2C)N2CCCCCC2)c(OC)c1OC. The maximum Gasteiger partial charge on any atom is 0.255 e. The summed E-state index contributed by atoms with van der Waals surface area (Å²) in [7, 11) is 6.67. The molecule has 2 aromatic rings. The highest BCUT2D eigenvalue weighted by molar-refractivity contribution is 5.98. The third kappa shape index (κ3) is 4.73. The van der Waals surface area contributed by atoms with E-state index in [0.717, 1.165) is 13.1 Å². The normalized spacial score (nSPS) is 15.9. The second kappa shape index (κ2) is 10.4. The summed E-state index contributed by atoms with van der Waals surface area (Å²) in [6.45, 7) is 2.62. The van der Waals surface area contributed by atoms with E-state index in [1.165, 1.54) is 45.6 Å². The number of nitrogens with one attached hydrogen (secondary N) is 1. The number of amides is 1. The highest BCUT2D eigenvalue weighted by atomic mass is 16.5. The molecule has 1 aromatic carbocycles. The molecule has 0 bridgehead atoms. The molecular weight excluding hydrogens is 382 g/mol. The summed E-state index contributed by atoms with van der Waals surface area (Å²) >= 11 is 0. The highest BCUT2D eigenvalue weighted by Crippen LogP contribution is 2.39. The van der Waals surface area contributed by atoms with Crippen molar-refractivity contribution in [1.29, 1.82) is 0 Å². The molecule has 1 amide bonds. The summed E-state index contributed by atoms with van der Waals surface area (Å²) in [6.07, 6.45) is 6.98. The zero-order valence-corrected chi connectivity index (χ0v) is 18.4. The molecule has 0 aliphatic carbocycles. The van der Waals surface area contributed by atoms with Crippen LogP contribution in [0.4, 0.5) is 0 Å². The van der Waals surface area contributed by atoms with Crippen molar-refractivity contribution in [2.45, 2.75) is 31.7 Å². The van der Waals surface area contributed by atoms with Crippen molar-refractivity contribution >= 4 is 5.91 Å². The maximum absolute atomic E-state index is 13.1. The van der Waals surface area contributed by atoms with Gasteiger partial charge in [-0.05, 0) is 50.2 Å². The Morgan fingerprint density at radius 1 is 1.00 bits per heavy atom. The van der Waals surface area contributed by atoms with Crippen LogP contribution in [0.15, 0.2) is 30.5 Å². The van der Waals surface area contributed by atoms with Crippen molar-refractivity contribution in [2.75, 3.05) is 41.0 Å². The molecule has 1 aliphatic rings. The van der Waals surface area contributed by atoms with Crippen molar-refractivity contribution in [1.82, 2.24) is 14.8 Å². The number of carbonyl (C=O) groups is 1. The van der Waals surface area contributed by atoms with Crippen LogP contribution in [0, 0.1) is 0 Å². The Bertz CT molecular complexity index is 841. The third-order valence-electron chi connectivity index (χ3n) is 5.81. The number of likely N-dealkylation sites (tertiary alicyclic amines) is 1. The molecule has 1 aliphatic heterocycles. The average Bonchev–Trinajstić information content (AvgIpc) is 3.01. The molecule has 0 saturated carbocycles. The van der Waals surface area contributed by atoms with Crippen LogP contribution >= 0.6 is 0 Å². The van der Waals surface area contributed by atoms with Gasteiger partial charge < -0.3 is 24.1 Å². The molecule has 1 saturated heterocycles. The van der Waals surface area contributed by atoms with Gasteiger partial charge in [-0.15, -0.1) is 0 Å². The molecule has 7 nitrogen and oxygen atoms in total. The Hall–Kier alpha value is -2.67. The minimum Gasteiger partial charge on any atom is -0.493 e. The third-order valence-corrected chi connectivity index (χ3v) is 5.81. The lowest BCUT2D eigenvalue weighted by atomic mass is 10.1. The van der Waals surface area contributed by atoms with E-state index < -0.39 is 0 Å². The zero-order chi connectivity index (χ0) is 21.5. The molecule has 0 radical (unpaired) electrons. The van der Waals surface area contributed by atoms with Gasteiger partial charge in [0.1, 0.15) is 0 Å². The van der Waals surface area contributed by atoms with Crippen LogP contribution in [-0.2, 0) is 7.05 Å². The number of ether oxygens (including phenoxy) is 3. The summed E-state index contributed by atoms with van der Waals surface area (Å²) in [6, 6.07) is 7.75. The molecule has 164 valence electrons. The topological polar surface area (TPSA) is 65.0 Å². The van der Waals surface area contributed by atoms with E-state index in [9.17, 15) is 4.79 Å². The second-order valence-corrected chi connectivity index (χ2v) is 7.60. The number of benzene rings is 1. The fourth-order valence-electron chi connectivity index (χ4n) is 4.21. The van der Waals surface area contributed by atoms with Gasteiger partial charge in [0.2, 0.25) is 5.75 Å². The van der Waals surface area contributed by atoms with Gasteiger partial charge in [0, 0.05) is 25.5 Å². The van der Waals surface area contributed by atoms with Crippen LogP contribution in [0.1, 0.15) is 47.8 Å². The molecule has 30 heavy (non-hydrogen) atoms. The molecule has 1 fully saturated rings. The van der Waals surface area contributed by atoms with E-state index in [4.69, 9.17) is 14.2 Å². The standard InChI is InChI=1S/C23H33N3O4/c1-25-13-9-10-18(25)19(26-14-7-5-6-8-15-26)16-24-23(27)17-11-12-20(28-2)22(30-4)21(17)29-3/h9-13,19H,5-8,14-16H2,1-4H3,(H,24,27). The highest BCUT2D eigenvalue weighted by Gasteiger charge is 2.26. The van der Waals surface area contributed by atoms with E-state index in [1.807, 2.05) is 0 Å². The van der Waals surface area contributed by atoms with E-state index in [2.05, 4.69) is 40.2 Å². The van der Waals surface area contributed by atoms with Crippen molar-refractivity contribution in [3.63, 3.8) is 0 Å². The Labute approximate surface area is 178 Å². The van der Waals surface area contributed by atoms with E-state index >= 15 is 0 Å². The monoisotopic (exact) mass is 415 g/mol. The second-order valence-electron chi connectivity index (χ2n) is 7.60.